The standard InChI is InChI=1S/C21H28N6O7S/c22-12(5-10-7-24-13-4-2-1-3-11(10)13)18(30)26-15(8-28)20(32)25-14(6-17(23)29)19(31)27-16(9-35)21(33)34/h1-4,7,12,14-16,24,28,35H,5-6,8-9,22H2,(H2,23,29)(H,25,32)(H,26,30)(H,27,31)(H,33,34). The predicted octanol–water partition coefficient (Wildman–Crippen LogP) is -2.63. The molecule has 2 rings (SSSR count). The van der Waals surface area contributed by atoms with Gasteiger partial charge in [0.2, 0.25) is 23.6 Å². The van der Waals surface area contributed by atoms with Crippen LogP contribution in [0.25, 0.3) is 10.9 Å². The molecular weight excluding hydrogens is 480 g/mol. The topological polar surface area (TPSA) is 230 Å². The molecule has 1 aromatic carbocycles. The fourth-order valence-electron chi connectivity index (χ4n) is 3.24. The Balaban J connectivity index is 2.04. The van der Waals surface area contributed by atoms with Gasteiger partial charge in [-0.1, -0.05) is 18.2 Å². The van der Waals surface area contributed by atoms with Crippen molar-refractivity contribution in [2.24, 2.45) is 11.5 Å². The van der Waals surface area contributed by atoms with Gasteiger partial charge in [0, 0.05) is 22.9 Å². The number of nitrogens with two attached hydrogens (primary N) is 2. The van der Waals surface area contributed by atoms with Crippen molar-refractivity contribution in [2.75, 3.05) is 12.4 Å². The highest BCUT2D eigenvalue weighted by molar-refractivity contribution is 7.80. The van der Waals surface area contributed by atoms with Crippen molar-refractivity contribution in [3.8, 4) is 0 Å². The van der Waals surface area contributed by atoms with Crippen LogP contribution in [0, 0.1) is 0 Å². The van der Waals surface area contributed by atoms with E-state index >= 15 is 0 Å². The van der Waals surface area contributed by atoms with Gasteiger partial charge in [0.1, 0.15) is 18.1 Å². The third kappa shape index (κ3) is 7.70. The molecule has 1 aromatic heterocycles. The van der Waals surface area contributed by atoms with Crippen molar-refractivity contribution in [2.45, 2.75) is 37.0 Å². The summed E-state index contributed by atoms with van der Waals surface area (Å²) < 4.78 is 0. The van der Waals surface area contributed by atoms with Gasteiger partial charge < -0.3 is 42.6 Å². The number of carboxylic acid groups (broad SMARTS) is 1. The minimum Gasteiger partial charge on any atom is -0.480 e. The molecule has 35 heavy (non-hydrogen) atoms. The summed E-state index contributed by atoms with van der Waals surface area (Å²) >= 11 is 3.82. The Labute approximate surface area is 205 Å². The molecule has 0 aliphatic heterocycles. The minimum absolute atomic E-state index is 0.141. The minimum atomic E-state index is -1.55. The van der Waals surface area contributed by atoms with Crippen LogP contribution < -0.4 is 27.4 Å². The third-order valence-corrected chi connectivity index (χ3v) is 5.47. The lowest BCUT2D eigenvalue weighted by atomic mass is 10.0. The molecule has 0 spiro atoms. The van der Waals surface area contributed by atoms with E-state index in [1.54, 1.807) is 6.20 Å². The SMILES string of the molecule is NC(=O)CC(NC(=O)C(CO)NC(=O)C(N)Cc1c[nH]c2ccccc12)C(=O)NC(CS)C(=O)O. The number of thiol groups is 1. The van der Waals surface area contributed by atoms with E-state index in [9.17, 15) is 29.1 Å². The molecule has 0 aliphatic rings. The number of para-hydroxylation sites is 1. The smallest absolute Gasteiger partial charge is 0.327 e. The maximum Gasteiger partial charge on any atom is 0.327 e. The molecule has 0 saturated carbocycles. The first-order valence-corrected chi connectivity index (χ1v) is 11.1. The van der Waals surface area contributed by atoms with Crippen LogP contribution >= 0.6 is 12.6 Å². The van der Waals surface area contributed by atoms with E-state index < -0.39 is 66.8 Å². The van der Waals surface area contributed by atoms with Crippen LogP contribution in [0.1, 0.15) is 12.0 Å². The molecule has 4 unspecified atom stereocenters. The van der Waals surface area contributed by atoms with Crippen LogP contribution in [0.3, 0.4) is 0 Å². The first-order chi connectivity index (χ1) is 16.6. The zero-order valence-electron chi connectivity index (χ0n) is 18.6. The normalized spacial score (nSPS) is 14.4. The number of aromatic amines is 1. The lowest BCUT2D eigenvalue weighted by Crippen LogP contribution is -2.59. The number of benzene rings is 1. The number of aliphatic hydroxyl groups excluding tert-OH is 1. The summed E-state index contributed by atoms with van der Waals surface area (Å²) in [5.74, 6) is -5.31. The molecular formula is C21H28N6O7S. The Kier molecular flexibility index (Phi) is 10.1. The Morgan fingerprint density at radius 3 is 2.17 bits per heavy atom. The highest BCUT2D eigenvalue weighted by atomic mass is 32.1. The quantitative estimate of drug-likeness (QED) is 0.130. The lowest BCUT2D eigenvalue weighted by Gasteiger charge is -2.23. The van der Waals surface area contributed by atoms with Crippen molar-refractivity contribution in [1.29, 1.82) is 0 Å². The summed E-state index contributed by atoms with van der Waals surface area (Å²) in [7, 11) is 0. The molecule has 190 valence electrons. The number of fused-ring (bicyclic) bond motifs is 1. The molecule has 0 aliphatic carbocycles. The van der Waals surface area contributed by atoms with Gasteiger partial charge in [0.15, 0.2) is 0 Å². The van der Waals surface area contributed by atoms with Crippen LogP contribution in [-0.2, 0) is 30.4 Å². The number of hydrogen-bond acceptors (Lipinski definition) is 8. The molecule has 4 amide bonds. The largest absolute Gasteiger partial charge is 0.480 e. The van der Waals surface area contributed by atoms with E-state index in [-0.39, 0.29) is 12.2 Å². The Bertz CT molecular complexity index is 1090. The molecule has 0 radical (unpaired) electrons. The lowest BCUT2D eigenvalue weighted by molar-refractivity contribution is -0.141. The number of aromatic nitrogens is 1. The van der Waals surface area contributed by atoms with Crippen molar-refractivity contribution in [3.63, 3.8) is 0 Å². The van der Waals surface area contributed by atoms with Crippen LogP contribution in [0.4, 0.5) is 0 Å². The fraction of sp³-hybridized carbons (Fsp3) is 0.381. The molecule has 4 atom stereocenters. The van der Waals surface area contributed by atoms with Crippen LogP contribution in [0.5, 0.6) is 0 Å². The Morgan fingerprint density at radius 2 is 1.57 bits per heavy atom. The summed E-state index contributed by atoms with van der Waals surface area (Å²) in [6, 6.07) is 1.93. The zero-order valence-corrected chi connectivity index (χ0v) is 19.5. The molecule has 14 heteroatoms. The maximum atomic E-state index is 12.6. The van der Waals surface area contributed by atoms with E-state index in [4.69, 9.17) is 16.6 Å². The predicted molar refractivity (Wildman–Crippen MR) is 128 cm³/mol. The first kappa shape index (κ1) is 27.6. The summed E-state index contributed by atoms with van der Waals surface area (Å²) in [5.41, 5.74) is 12.8. The third-order valence-electron chi connectivity index (χ3n) is 5.10. The van der Waals surface area contributed by atoms with Gasteiger partial charge in [-0.3, -0.25) is 19.2 Å². The molecule has 0 fully saturated rings. The average molecular weight is 509 g/mol. The summed E-state index contributed by atoms with van der Waals surface area (Å²) in [6.45, 7) is -0.837. The second-order valence-corrected chi connectivity index (χ2v) is 8.09. The summed E-state index contributed by atoms with van der Waals surface area (Å²) in [5, 5.41) is 26.2. The average Bonchev–Trinajstić information content (AvgIpc) is 3.22. The number of rotatable bonds is 13. The monoisotopic (exact) mass is 508 g/mol. The number of hydrogen-bond donors (Lipinski definition) is 9. The Morgan fingerprint density at radius 1 is 0.971 bits per heavy atom. The van der Waals surface area contributed by atoms with Crippen LogP contribution in [0.15, 0.2) is 30.5 Å². The number of primary amides is 1. The maximum absolute atomic E-state index is 12.6. The number of H-pyrrole nitrogens is 1. The summed E-state index contributed by atoms with van der Waals surface area (Å²) in [4.78, 5) is 63.1. The van der Waals surface area contributed by atoms with Crippen molar-refractivity contribution < 1.29 is 34.2 Å². The fourth-order valence-corrected chi connectivity index (χ4v) is 3.49. The summed E-state index contributed by atoms with van der Waals surface area (Å²) in [6.07, 6.45) is 1.21. The molecule has 10 N–H and O–H groups in total. The van der Waals surface area contributed by atoms with E-state index in [2.05, 4.69) is 33.6 Å². The Hall–Kier alpha value is -3.62. The number of aliphatic hydroxyl groups is 1. The van der Waals surface area contributed by atoms with Gasteiger partial charge in [-0.2, -0.15) is 12.6 Å². The zero-order chi connectivity index (χ0) is 26.1. The van der Waals surface area contributed by atoms with Crippen LogP contribution in [0.2, 0.25) is 0 Å². The number of carboxylic acids is 1. The van der Waals surface area contributed by atoms with Crippen molar-refractivity contribution in [1.82, 2.24) is 20.9 Å². The van der Waals surface area contributed by atoms with E-state index in [0.717, 1.165) is 16.5 Å². The number of carbonyl (C=O) groups excluding carboxylic acids is 4. The highest BCUT2D eigenvalue weighted by Crippen LogP contribution is 2.18. The molecule has 13 nitrogen and oxygen atoms in total. The van der Waals surface area contributed by atoms with Gasteiger partial charge >= 0.3 is 5.97 Å². The van der Waals surface area contributed by atoms with Gasteiger partial charge in [-0.15, -0.1) is 0 Å². The number of amides is 4. The number of carbonyl (C=O) groups is 5. The van der Waals surface area contributed by atoms with E-state index in [1.165, 1.54) is 0 Å². The molecule has 0 saturated heterocycles. The molecule has 0 bridgehead atoms. The molecule has 2 aromatic rings. The second kappa shape index (κ2) is 12.7. The van der Waals surface area contributed by atoms with E-state index in [1.807, 2.05) is 24.3 Å². The first-order valence-electron chi connectivity index (χ1n) is 10.5. The molecule has 1 heterocycles. The van der Waals surface area contributed by atoms with Gasteiger partial charge in [0.25, 0.3) is 0 Å². The number of aliphatic carboxylic acids is 1. The second-order valence-electron chi connectivity index (χ2n) is 7.73. The van der Waals surface area contributed by atoms with E-state index in [0.29, 0.717) is 0 Å². The van der Waals surface area contributed by atoms with Gasteiger partial charge in [-0.05, 0) is 18.1 Å². The van der Waals surface area contributed by atoms with Crippen molar-refractivity contribution in [3.05, 3.63) is 36.0 Å². The van der Waals surface area contributed by atoms with Gasteiger partial charge in [0.05, 0.1) is 19.1 Å². The van der Waals surface area contributed by atoms with Gasteiger partial charge in [-0.25, -0.2) is 4.79 Å². The van der Waals surface area contributed by atoms with Crippen LogP contribution in [-0.4, -0.2) is 81.3 Å². The van der Waals surface area contributed by atoms with Crippen molar-refractivity contribution >= 4 is 53.1 Å². The number of nitrogens with one attached hydrogen (secondary N) is 4. The highest BCUT2D eigenvalue weighted by Gasteiger charge is 2.30.